The first-order chi connectivity index (χ1) is 15.0. The van der Waals surface area contributed by atoms with Gasteiger partial charge in [0.25, 0.3) is 5.91 Å². The molecular formula is C24H28N2O4S. The highest BCUT2D eigenvalue weighted by atomic mass is 32.1. The minimum Gasteiger partial charge on any atom is -0.386 e. The maximum atomic E-state index is 13.0. The van der Waals surface area contributed by atoms with E-state index in [9.17, 15) is 20.1 Å². The molecule has 2 aromatic carbocycles. The quantitative estimate of drug-likeness (QED) is 0.343. The molecule has 1 heterocycles. The lowest BCUT2D eigenvalue weighted by Crippen LogP contribution is -2.53. The number of amides is 1. The summed E-state index contributed by atoms with van der Waals surface area (Å²) < 4.78 is 0. The first kappa shape index (κ1) is 23.1. The largest absolute Gasteiger partial charge is 0.386 e. The molecule has 1 unspecified atom stereocenters. The summed E-state index contributed by atoms with van der Waals surface area (Å²) >= 11 is 1.61. The van der Waals surface area contributed by atoms with E-state index >= 15 is 0 Å². The molecule has 0 spiro atoms. The summed E-state index contributed by atoms with van der Waals surface area (Å²) in [6.45, 7) is 0.970. The average molecular weight is 441 g/mol. The summed E-state index contributed by atoms with van der Waals surface area (Å²) in [5.41, 5.74) is 1.81. The molecular weight excluding hydrogens is 412 g/mol. The van der Waals surface area contributed by atoms with Gasteiger partial charge in [-0.15, -0.1) is 11.3 Å². The van der Waals surface area contributed by atoms with Crippen LogP contribution in [0.2, 0.25) is 0 Å². The summed E-state index contributed by atoms with van der Waals surface area (Å²) in [5, 5.41) is 35.9. The zero-order chi connectivity index (χ0) is 22.1. The molecule has 1 aromatic heterocycles. The molecule has 0 radical (unpaired) electrons. The van der Waals surface area contributed by atoms with Crippen molar-refractivity contribution in [3.8, 4) is 0 Å². The van der Waals surface area contributed by atoms with Crippen molar-refractivity contribution in [2.75, 3.05) is 6.54 Å². The monoisotopic (exact) mass is 440 g/mol. The van der Waals surface area contributed by atoms with Crippen LogP contribution in [-0.4, -0.2) is 51.1 Å². The van der Waals surface area contributed by atoms with E-state index in [4.69, 9.17) is 0 Å². The molecule has 0 fully saturated rings. The van der Waals surface area contributed by atoms with Gasteiger partial charge in [0.15, 0.2) is 6.10 Å². The fraction of sp³-hybridized carbons (Fsp3) is 0.292. The van der Waals surface area contributed by atoms with Gasteiger partial charge >= 0.3 is 0 Å². The van der Waals surface area contributed by atoms with Gasteiger partial charge in [0.1, 0.15) is 12.3 Å². The number of benzene rings is 2. The molecule has 6 nitrogen and oxygen atoms in total. The number of hydrogen-bond donors (Lipinski definition) is 4. The van der Waals surface area contributed by atoms with Crippen molar-refractivity contribution in [2.24, 2.45) is 0 Å². The normalized spacial score (nSPS) is 14.0. The molecule has 1 amide bonds. The molecule has 0 aliphatic carbocycles. The molecule has 0 aliphatic heterocycles. The van der Waals surface area contributed by atoms with Crippen molar-refractivity contribution in [2.45, 2.75) is 37.9 Å². The van der Waals surface area contributed by atoms with Crippen molar-refractivity contribution in [1.29, 1.82) is 0 Å². The van der Waals surface area contributed by atoms with Crippen LogP contribution >= 0.6 is 11.3 Å². The van der Waals surface area contributed by atoms with Crippen molar-refractivity contribution >= 4 is 17.2 Å². The summed E-state index contributed by atoms with van der Waals surface area (Å²) in [7, 11) is 0. The Labute approximate surface area is 186 Å². The van der Waals surface area contributed by atoms with Crippen LogP contribution in [0.25, 0.3) is 0 Å². The Morgan fingerprint density at radius 1 is 0.871 bits per heavy atom. The molecule has 0 bridgehead atoms. The third kappa shape index (κ3) is 6.99. The van der Waals surface area contributed by atoms with Crippen LogP contribution in [0.3, 0.4) is 0 Å². The number of nitrogens with one attached hydrogen (secondary N) is 1. The molecule has 3 rings (SSSR count). The summed E-state index contributed by atoms with van der Waals surface area (Å²) in [4.78, 5) is 15.7. The number of hydrogen-bond acceptors (Lipinski definition) is 6. The van der Waals surface area contributed by atoms with Gasteiger partial charge in [-0.25, -0.2) is 0 Å². The highest BCUT2D eigenvalue weighted by molar-refractivity contribution is 7.09. The SMILES string of the molecule is O=C([C@H](O)[C@@H](O)C(O)NCCc1cccs1)N(Cc1ccccc1)Cc1ccccc1. The van der Waals surface area contributed by atoms with Gasteiger partial charge in [0, 0.05) is 24.5 Å². The van der Waals surface area contributed by atoms with Crippen molar-refractivity contribution < 1.29 is 20.1 Å². The molecule has 4 N–H and O–H groups in total. The number of thiophene rings is 1. The fourth-order valence-corrected chi connectivity index (χ4v) is 3.95. The minimum absolute atomic E-state index is 0.278. The van der Waals surface area contributed by atoms with Crippen LogP contribution in [0.4, 0.5) is 0 Å². The Bertz CT molecular complexity index is 864. The van der Waals surface area contributed by atoms with E-state index in [1.54, 1.807) is 11.3 Å². The maximum absolute atomic E-state index is 13.0. The standard InChI is InChI=1S/C24H28N2O4S/c27-21(23(29)25-14-13-20-12-7-15-31-20)22(28)24(30)26(16-18-8-3-1-4-9-18)17-19-10-5-2-6-11-19/h1-12,15,21-23,25,27-29H,13-14,16-17H2/t21-,22-,23?/m1/s1. The molecule has 0 saturated heterocycles. The zero-order valence-corrected chi connectivity index (χ0v) is 18.0. The Kier molecular flexibility index (Phi) is 8.75. The van der Waals surface area contributed by atoms with Gasteiger partial charge in [0.05, 0.1) is 0 Å². The molecule has 31 heavy (non-hydrogen) atoms. The molecule has 3 aromatic rings. The lowest BCUT2D eigenvalue weighted by atomic mass is 10.1. The molecule has 3 atom stereocenters. The minimum atomic E-state index is -1.75. The second-order valence-electron chi connectivity index (χ2n) is 7.33. The predicted molar refractivity (Wildman–Crippen MR) is 121 cm³/mol. The van der Waals surface area contributed by atoms with E-state index in [1.165, 1.54) is 4.90 Å². The average Bonchev–Trinajstić information content (AvgIpc) is 3.32. The second-order valence-corrected chi connectivity index (χ2v) is 8.36. The van der Waals surface area contributed by atoms with E-state index in [2.05, 4.69) is 5.32 Å². The van der Waals surface area contributed by atoms with Gasteiger partial charge in [0.2, 0.25) is 0 Å². The van der Waals surface area contributed by atoms with Gasteiger partial charge < -0.3 is 20.2 Å². The van der Waals surface area contributed by atoms with E-state index in [1.807, 2.05) is 78.2 Å². The number of nitrogens with zero attached hydrogens (tertiary/aromatic N) is 1. The van der Waals surface area contributed by atoms with Crippen molar-refractivity contribution in [3.05, 3.63) is 94.2 Å². The van der Waals surface area contributed by atoms with Gasteiger partial charge in [-0.1, -0.05) is 66.7 Å². The number of rotatable bonds is 11. The Hall–Kier alpha value is -2.55. The fourth-order valence-electron chi connectivity index (χ4n) is 3.24. The van der Waals surface area contributed by atoms with Crippen LogP contribution in [0.1, 0.15) is 16.0 Å². The third-order valence-electron chi connectivity index (χ3n) is 4.95. The number of carbonyl (C=O) groups excluding carboxylic acids is 1. The number of carbonyl (C=O) groups is 1. The lowest BCUT2D eigenvalue weighted by Gasteiger charge is -2.29. The summed E-state index contributed by atoms with van der Waals surface area (Å²) in [6.07, 6.45) is -4.14. The zero-order valence-electron chi connectivity index (χ0n) is 17.2. The van der Waals surface area contributed by atoms with Crippen LogP contribution in [0.15, 0.2) is 78.2 Å². The maximum Gasteiger partial charge on any atom is 0.254 e. The Morgan fingerprint density at radius 2 is 1.45 bits per heavy atom. The number of aliphatic hydroxyl groups is 3. The molecule has 7 heteroatoms. The highest BCUT2D eigenvalue weighted by Gasteiger charge is 2.33. The van der Waals surface area contributed by atoms with Gasteiger partial charge in [-0.3, -0.25) is 10.1 Å². The molecule has 0 saturated carbocycles. The van der Waals surface area contributed by atoms with E-state index in [0.717, 1.165) is 16.0 Å². The number of aliphatic hydroxyl groups excluding tert-OH is 3. The lowest BCUT2D eigenvalue weighted by molar-refractivity contribution is -0.154. The predicted octanol–water partition coefficient (Wildman–Crippen LogP) is 2.15. The third-order valence-corrected chi connectivity index (χ3v) is 5.89. The van der Waals surface area contributed by atoms with E-state index in [-0.39, 0.29) is 13.1 Å². The summed E-state index contributed by atoms with van der Waals surface area (Å²) in [5.74, 6) is -0.640. The van der Waals surface area contributed by atoms with Crippen LogP contribution < -0.4 is 5.32 Å². The summed E-state index contributed by atoms with van der Waals surface area (Å²) in [6, 6.07) is 22.8. The van der Waals surface area contributed by atoms with Crippen LogP contribution in [-0.2, 0) is 24.3 Å². The first-order valence-electron chi connectivity index (χ1n) is 10.2. The van der Waals surface area contributed by atoms with Crippen molar-refractivity contribution in [1.82, 2.24) is 10.2 Å². The van der Waals surface area contributed by atoms with Crippen molar-refractivity contribution in [3.63, 3.8) is 0 Å². The van der Waals surface area contributed by atoms with E-state index in [0.29, 0.717) is 13.0 Å². The second kappa shape index (κ2) is 11.7. The Morgan fingerprint density at radius 3 is 1.97 bits per heavy atom. The van der Waals surface area contributed by atoms with Crippen LogP contribution in [0.5, 0.6) is 0 Å². The van der Waals surface area contributed by atoms with Gasteiger partial charge in [-0.2, -0.15) is 0 Å². The van der Waals surface area contributed by atoms with Crippen LogP contribution in [0, 0.1) is 0 Å². The molecule has 0 aliphatic rings. The highest BCUT2D eigenvalue weighted by Crippen LogP contribution is 2.14. The molecule has 164 valence electrons. The smallest absolute Gasteiger partial charge is 0.254 e. The van der Waals surface area contributed by atoms with E-state index < -0.39 is 24.3 Å². The van der Waals surface area contributed by atoms with Gasteiger partial charge in [-0.05, 0) is 29.0 Å². The topological polar surface area (TPSA) is 93.0 Å². The Balaban J connectivity index is 1.63. The first-order valence-corrected chi connectivity index (χ1v) is 11.1.